The molecule has 4 nitrogen and oxygen atoms in total. The first-order valence-corrected chi connectivity index (χ1v) is 16.5. The summed E-state index contributed by atoms with van der Waals surface area (Å²) in [5.74, 6) is 0.663. The van der Waals surface area contributed by atoms with Crippen molar-refractivity contribution < 1.29 is 0 Å². The zero-order chi connectivity index (χ0) is 32.6. The molecule has 4 heteroatoms. The molecule has 49 heavy (non-hydrogen) atoms. The van der Waals surface area contributed by atoms with Crippen molar-refractivity contribution >= 4 is 21.9 Å². The molecule has 0 N–H and O–H groups in total. The molecule has 0 aliphatic heterocycles. The molecule has 0 aliphatic rings. The van der Waals surface area contributed by atoms with Crippen LogP contribution in [0.2, 0.25) is 0 Å². The van der Waals surface area contributed by atoms with E-state index >= 15 is 0 Å². The molecule has 9 aromatic rings. The van der Waals surface area contributed by atoms with E-state index in [4.69, 9.17) is 15.0 Å². The van der Waals surface area contributed by atoms with Crippen LogP contribution in [0.15, 0.2) is 182 Å². The van der Waals surface area contributed by atoms with Crippen molar-refractivity contribution in [1.29, 1.82) is 0 Å². The Bertz CT molecular complexity index is 2520. The van der Waals surface area contributed by atoms with Crippen LogP contribution in [0.5, 0.6) is 0 Å². The van der Waals surface area contributed by atoms with Gasteiger partial charge in [-0.05, 0) is 47.5 Å². The maximum atomic E-state index is 5.34. The number of benzene rings is 6. The number of nitrogens with zero attached hydrogens (tertiary/aromatic N) is 4. The topological polar surface area (TPSA) is 43.6 Å². The van der Waals surface area contributed by atoms with Gasteiger partial charge in [0.1, 0.15) is 5.65 Å². The highest BCUT2D eigenvalue weighted by molar-refractivity contribution is 6.14. The molecule has 0 radical (unpaired) electrons. The quantitative estimate of drug-likeness (QED) is 0.184. The number of para-hydroxylation sites is 2. The Kier molecular flexibility index (Phi) is 7.10. The van der Waals surface area contributed by atoms with Crippen LogP contribution >= 0.6 is 0 Å². The van der Waals surface area contributed by atoms with E-state index in [-0.39, 0.29) is 0 Å². The van der Waals surface area contributed by atoms with Gasteiger partial charge in [0.05, 0.1) is 28.0 Å². The highest BCUT2D eigenvalue weighted by atomic mass is 15.1. The van der Waals surface area contributed by atoms with Gasteiger partial charge < -0.3 is 0 Å². The van der Waals surface area contributed by atoms with Crippen molar-refractivity contribution in [3.05, 3.63) is 182 Å². The molecule has 9 rings (SSSR count). The maximum absolute atomic E-state index is 5.34. The average Bonchev–Trinajstić information content (AvgIpc) is 3.53. The van der Waals surface area contributed by atoms with E-state index < -0.39 is 0 Å². The predicted octanol–water partition coefficient (Wildman–Crippen LogP) is 11.3. The maximum Gasteiger partial charge on any atom is 0.162 e. The minimum Gasteiger partial charge on any atom is -0.294 e. The molecule has 6 aromatic carbocycles. The fourth-order valence-electron chi connectivity index (χ4n) is 6.68. The lowest BCUT2D eigenvalue weighted by Gasteiger charge is -2.12. The van der Waals surface area contributed by atoms with Gasteiger partial charge in [-0.3, -0.25) is 4.57 Å². The SMILES string of the molecule is c1ccc(-c2cc(-c3ccccc3)nc(-c3cccc(-c4nc(-c5ccccc5)c5c6ccccc6n(-c6ccccc6)c5n4)c3)c2)cc1. The Labute approximate surface area is 284 Å². The number of hydrogen-bond donors (Lipinski definition) is 0. The van der Waals surface area contributed by atoms with Crippen LogP contribution in [0.3, 0.4) is 0 Å². The molecule has 3 heterocycles. The molecule has 0 unspecified atom stereocenters. The summed E-state index contributed by atoms with van der Waals surface area (Å²) < 4.78 is 2.25. The minimum absolute atomic E-state index is 0.663. The van der Waals surface area contributed by atoms with Crippen molar-refractivity contribution in [2.75, 3.05) is 0 Å². The van der Waals surface area contributed by atoms with Crippen molar-refractivity contribution in [1.82, 2.24) is 19.5 Å². The van der Waals surface area contributed by atoms with Gasteiger partial charge in [-0.1, -0.05) is 146 Å². The van der Waals surface area contributed by atoms with E-state index in [2.05, 4.69) is 162 Å². The van der Waals surface area contributed by atoms with E-state index in [1.54, 1.807) is 0 Å². The second-order valence-electron chi connectivity index (χ2n) is 12.1. The number of hydrogen-bond acceptors (Lipinski definition) is 3. The van der Waals surface area contributed by atoms with Gasteiger partial charge in [-0.15, -0.1) is 0 Å². The number of fused-ring (bicyclic) bond motifs is 3. The third kappa shape index (κ3) is 5.26. The molecule has 3 aromatic heterocycles. The summed E-state index contributed by atoms with van der Waals surface area (Å²) >= 11 is 0. The Morgan fingerprint density at radius 2 is 0.918 bits per heavy atom. The molecule has 0 bridgehead atoms. The Balaban J connectivity index is 1.27. The molecule has 0 spiro atoms. The standard InChI is InChI=1S/C45H30N4/c1-5-16-31(17-6-1)36-29-39(32-18-7-2-8-19-32)46-40(30-36)34-22-15-23-35(28-34)44-47-43(33-20-9-3-10-21-33)42-38-26-13-14-27-41(38)49(45(42)48-44)37-24-11-4-12-25-37/h1-30H. The van der Waals surface area contributed by atoms with Crippen LogP contribution in [0, 0.1) is 0 Å². The van der Waals surface area contributed by atoms with E-state index in [0.29, 0.717) is 5.82 Å². The molecule has 0 aliphatic carbocycles. The van der Waals surface area contributed by atoms with Crippen LogP contribution in [-0.2, 0) is 0 Å². The third-order valence-electron chi connectivity index (χ3n) is 9.00. The lowest BCUT2D eigenvalue weighted by Crippen LogP contribution is -1.99. The van der Waals surface area contributed by atoms with Gasteiger partial charge in [0.15, 0.2) is 5.82 Å². The summed E-state index contributed by atoms with van der Waals surface area (Å²) in [5.41, 5.74) is 12.1. The van der Waals surface area contributed by atoms with E-state index in [0.717, 1.165) is 78.1 Å². The monoisotopic (exact) mass is 626 g/mol. The molecule has 0 fully saturated rings. The molecule has 0 amide bonds. The van der Waals surface area contributed by atoms with Crippen molar-refractivity contribution in [2.24, 2.45) is 0 Å². The Hall–Kier alpha value is -6.65. The van der Waals surface area contributed by atoms with Crippen molar-refractivity contribution in [2.45, 2.75) is 0 Å². The summed E-state index contributed by atoms with van der Waals surface area (Å²) in [6.07, 6.45) is 0. The fraction of sp³-hybridized carbons (Fsp3) is 0. The van der Waals surface area contributed by atoms with Crippen LogP contribution in [-0.4, -0.2) is 19.5 Å². The number of pyridine rings is 1. The van der Waals surface area contributed by atoms with Gasteiger partial charge in [0.2, 0.25) is 0 Å². The molecule has 0 atom stereocenters. The average molecular weight is 627 g/mol. The normalized spacial score (nSPS) is 11.3. The summed E-state index contributed by atoms with van der Waals surface area (Å²) in [6.45, 7) is 0. The second kappa shape index (κ2) is 12.2. The van der Waals surface area contributed by atoms with E-state index in [1.165, 1.54) is 0 Å². The Morgan fingerprint density at radius 3 is 1.63 bits per heavy atom. The molecule has 230 valence electrons. The van der Waals surface area contributed by atoms with Crippen LogP contribution < -0.4 is 0 Å². The van der Waals surface area contributed by atoms with Crippen LogP contribution in [0.1, 0.15) is 0 Å². The highest BCUT2D eigenvalue weighted by Crippen LogP contribution is 2.39. The van der Waals surface area contributed by atoms with Gasteiger partial charge >= 0.3 is 0 Å². The van der Waals surface area contributed by atoms with Gasteiger partial charge in [-0.25, -0.2) is 15.0 Å². The van der Waals surface area contributed by atoms with Crippen LogP contribution in [0.25, 0.3) is 83.9 Å². The van der Waals surface area contributed by atoms with E-state index in [9.17, 15) is 0 Å². The molecule has 0 saturated heterocycles. The fourth-order valence-corrected chi connectivity index (χ4v) is 6.68. The lowest BCUT2D eigenvalue weighted by molar-refractivity contribution is 1.11. The highest BCUT2D eigenvalue weighted by Gasteiger charge is 2.21. The first-order valence-electron chi connectivity index (χ1n) is 16.5. The first kappa shape index (κ1) is 28.6. The third-order valence-corrected chi connectivity index (χ3v) is 9.00. The predicted molar refractivity (Wildman–Crippen MR) is 201 cm³/mol. The molecular formula is C45H30N4. The molecule has 0 saturated carbocycles. The Morgan fingerprint density at radius 1 is 0.367 bits per heavy atom. The van der Waals surface area contributed by atoms with Crippen molar-refractivity contribution in [3.63, 3.8) is 0 Å². The summed E-state index contributed by atoms with van der Waals surface area (Å²) in [7, 11) is 0. The smallest absolute Gasteiger partial charge is 0.162 e. The number of rotatable bonds is 6. The summed E-state index contributed by atoms with van der Waals surface area (Å²) in [4.78, 5) is 15.8. The summed E-state index contributed by atoms with van der Waals surface area (Å²) in [6, 6.07) is 63.0. The summed E-state index contributed by atoms with van der Waals surface area (Å²) in [5, 5.41) is 2.16. The van der Waals surface area contributed by atoms with E-state index in [1.807, 2.05) is 24.3 Å². The van der Waals surface area contributed by atoms with Crippen LogP contribution in [0.4, 0.5) is 0 Å². The zero-order valence-electron chi connectivity index (χ0n) is 26.6. The number of aromatic nitrogens is 4. The first-order chi connectivity index (χ1) is 24.3. The minimum atomic E-state index is 0.663. The largest absolute Gasteiger partial charge is 0.294 e. The zero-order valence-corrected chi connectivity index (χ0v) is 26.6. The van der Waals surface area contributed by atoms with Gasteiger partial charge in [-0.2, -0.15) is 0 Å². The van der Waals surface area contributed by atoms with Gasteiger partial charge in [0.25, 0.3) is 0 Å². The second-order valence-corrected chi connectivity index (χ2v) is 12.1. The molecular weight excluding hydrogens is 597 g/mol. The lowest BCUT2D eigenvalue weighted by atomic mass is 9.99. The van der Waals surface area contributed by atoms with Crippen molar-refractivity contribution in [3.8, 4) is 62.0 Å². The van der Waals surface area contributed by atoms with Gasteiger partial charge in [0, 0.05) is 33.3 Å².